The Morgan fingerprint density at radius 2 is 1.61 bits per heavy atom. The van der Waals surface area contributed by atoms with Crippen molar-refractivity contribution in [3.63, 3.8) is 0 Å². The van der Waals surface area contributed by atoms with Gasteiger partial charge in [0.15, 0.2) is 17.2 Å². The van der Waals surface area contributed by atoms with Gasteiger partial charge in [-0.25, -0.2) is 9.79 Å². The summed E-state index contributed by atoms with van der Waals surface area (Å²) in [7, 11) is 6.10. The van der Waals surface area contributed by atoms with Crippen molar-refractivity contribution in [2.75, 3.05) is 28.4 Å². The number of carbonyl (C=O) groups excluding carboxylic acids is 1. The second-order valence-corrected chi connectivity index (χ2v) is 6.04. The molecular formula is C20H18ClNO6. The number of methoxy groups -OCH3 is 4. The van der Waals surface area contributed by atoms with Crippen molar-refractivity contribution in [1.29, 1.82) is 0 Å². The van der Waals surface area contributed by atoms with Crippen LogP contribution in [0, 0.1) is 0 Å². The zero-order chi connectivity index (χ0) is 20.3. The average Bonchev–Trinajstić information content (AvgIpc) is 3.07. The number of halogens is 1. The number of benzene rings is 2. The number of nitrogens with zero attached hydrogens (tertiary/aromatic N) is 1. The number of hydrogen-bond acceptors (Lipinski definition) is 7. The van der Waals surface area contributed by atoms with Crippen LogP contribution >= 0.6 is 11.6 Å². The van der Waals surface area contributed by atoms with Gasteiger partial charge >= 0.3 is 5.97 Å². The standard InChI is InChI=1S/C20H18ClNO6/c1-24-12-5-6-13(14(21)9-12)19-22-15(20(23)28-19)7-11-8-17(26-3)18(27-4)10-16(11)25-2/h5-10H,1-4H3/b15-7-. The molecule has 0 radical (unpaired) electrons. The third-order valence-corrected chi connectivity index (χ3v) is 4.37. The van der Waals surface area contributed by atoms with E-state index in [1.165, 1.54) is 28.4 Å². The zero-order valence-electron chi connectivity index (χ0n) is 15.7. The molecule has 8 heteroatoms. The highest BCUT2D eigenvalue weighted by molar-refractivity contribution is 6.34. The summed E-state index contributed by atoms with van der Waals surface area (Å²) in [5.74, 6) is 1.59. The lowest BCUT2D eigenvalue weighted by molar-refractivity contribution is -0.129. The number of aliphatic imine (C=N–C) groups is 1. The molecule has 0 saturated heterocycles. The first-order chi connectivity index (χ1) is 13.5. The van der Waals surface area contributed by atoms with Gasteiger partial charge in [0.05, 0.1) is 39.0 Å². The second kappa shape index (κ2) is 8.22. The van der Waals surface area contributed by atoms with Crippen LogP contribution in [0.3, 0.4) is 0 Å². The van der Waals surface area contributed by atoms with Crippen LogP contribution in [0.4, 0.5) is 0 Å². The normalized spacial score (nSPS) is 14.5. The van der Waals surface area contributed by atoms with Crippen molar-refractivity contribution < 1.29 is 28.5 Å². The van der Waals surface area contributed by atoms with E-state index in [0.717, 1.165) is 0 Å². The van der Waals surface area contributed by atoms with E-state index in [2.05, 4.69) is 4.99 Å². The fraction of sp³-hybridized carbons (Fsp3) is 0.200. The molecule has 2 aromatic rings. The molecule has 1 aliphatic rings. The van der Waals surface area contributed by atoms with Crippen molar-refractivity contribution in [3.05, 3.63) is 52.2 Å². The Morgan fingerprint density at radius 1 is 0.929 bits per heavy atom. The number of cyclic esters (lactones) is 1. The van der Waals surface area contributed by atoms with Gasteiger partial charge in [-0.2, -0.15) is 0 Å². The Bertz CT molecular complexity index is 983. The molecule has 0 spiro atoms. The summed E-state index contributed by atoms with van der Waals surface area (Å²) in [6, 6.07) is 8.35. The van der Waals surface area contributed by atoms with Crippen molar-refractivity contribution in [2.45, 2.75) is 0 Å². The molecule has 0 bridgehead atoms. The Balaban J connectivity index is 2.02. The predicted molar refractivity (Wildman–Crippen MR) is 105 cm³/mol. The zero-order valence-corrected chi connectivity index (χ0v) is 16.5. The van der Waals surface area contributed by atoms with Gasteiger partial charge in [0.25, 0.3) is 0 Å². The van der Waals surface area contributed by atoms with E-state index in [1.54, 1.807) is 36.4 Å². The highest BCUT2D eigenvalue weighted by atomic mass is 35.5. The summed E-state index contributed by atoms with van der Waals surface area (Å²) in [5.41, 5.74) is 1.17. The molecule has 1 heterocycles. The first kappa shape index (κ1) is 19.6. The van der Waals surface area contributed by atoms with Gasteiger partial charge in [0.2, 0.25) is 5.90 Å². The fourth-order valence-electron chi connectivity index (χ4n) is 2.63. The van der Waals surface area contributed by atoms with Gasteiger partial charge in [0, 0.05) is 11.6 Å². The molecule has 0 fully saturated rings. The van der Waals surface area contributed by atoms with Gasteiger partial charge in [-0.15, -0.1) is 0 Å². The monoisotopic (exact) mass is 403 g/mol. The van der Waals surface area contributed by atoms with Crippen LogP contribution in [0.25, 0.3) is 6.08 Å². The third-order valence-electron chi connectivity index (χ3n) is 4.06. The molecule has 0 saturated carbocycles. The van der Waals surface area contributed by atoms with Gasteiger partial charge in [-0.05, 0) is 30.3 Å². The molecular weight excluding hydrogens is 386 g/mol. The Labute approximate surface area is 167 Å². The van der Waals surface area contributed by atoms with Crippen LogP contribution in [0.2, 0.25) is 5.02 Å². The van der Waals surface area contributed by atoms with Crippen LogP contribution in [0.5, 0.6) is 23.0 Å². The Kier molecular flexibility index (Phi) is 5.75. The molecule has 0 N–H and O–H groups in total. The summed E-state index contributed by atoms with van der Waals surface area (Å²) < 4.78 is 26.3. The summed E-state index contributed by atoms with van der Waals surface area (Å²) in [6.07, 6.45) is 1.55. The topological polar surface area (TPSA) is 75.6 Å². The third kappa shape index (κ3) is 3.75. The number of esters is 1. The molecule has 7 nitrogen and oxygen atoms in total. The first-order valence-electron chi connectivity index (χ1n) is 8.17. The van der Waals surface area contributed by atoms with Gasteiger partial charge < -0.3 is 23.7 Å². The minimum Gasteiger partial charge on any atom is -0.497 e. The van der Waals surface area contributed by atoms with E-state index in [-0.39, 0.29) is 11.6 Å². The molecule has 3 rings (SSSR count). The van der Waals surface area contributed by atoms with Crippen molar-refractivity contribution in [3.8, 4) is 23.0 Å². The summed E-state index contributed by atoms with van der Waals surface area (Å²) in [5, 5.41) is 0.357. The van der Waals surface area contributed by atoms with E-state index in [1.807, 2.05) is 0 Å². The van der Waals surface area contributed by atoms with Crippen molar-refractivity contribution >= 4 is 29.5 Å². The minimum absolute atomic E-state index is 0.104. The highest BCUT2D eigenvalue weighted by Gasteiger charge is 2.26. The summed E-state index contributed by atoms with van der Waals surface area (Å²) in [4.78, 5) is 16.6. The Hall–Kier alpha value is -3.19. The van der Waals surface area contributed by atoms with E-state index >= 15 is 0 Å². The number of hydrogen-bond donors (Lipinski definition) is 0. The second-order valence-electron chi connectivity index (χ2n) is 5.63. The molecule has 0 aliphatic carbocycles. The lowest BCUT2D eigenvalue weighted by Crippen LogP contribution is -2.06. The van der Waals surface area contributed by atoms with E-state index < -0.39 is 5.97 Å². The fourth-order valence-corrected chi connectivity index (χ4v) is 2.88. The van der Waals surface area contributed by atoms with Crippen LogP contribution in [-0.2, 0) is 9.53 Å². The Morgan fingerprint density at radius 3 is 2.21 bits per heavy atom. The van der Waals surface area contributed by atoms with Crippen LogP contribution in [-0.4, -0.2) is 40.3 Å². The minimum atomic E-state index is -0.598. The molecule has 146 valence electrons. The molecule has 28 heavy (non-hydrogen) atoms. The van der Waals surface area contributed by atoms with Crippen molar-refractivity contribution in [1.82, 2.24) is 0 Å². The molecule has 2 aromatic carbocycles. The van der Waals surface area contributed by atoms with Crippen LogP contribution in [0.1, 0.15) is 11.1 Å². The van der Waals surface area contributed by atoms with Gasteiger partial charge in [0.1, 0.15) is 11.5 Å². The molecule has 0 unspecified atom stereocenters. The van der Waals surface area contributed by atoms with Crippen molar-refractivity contribution in [2.24, 2.45) is 4.99 Å². The number of carbonyl (C=O) groups is 1. The smallest absolute Gasteiger partial charge is 0.363 e. The largest absolute Gasteiger partial charge is 0.497 e. The van der Waals surface area contributed by atoms with Gasteiger partial charge in [-0.3, -0.25) is 0 Å². The summed E-state index contributed by atoms with van der Waals surface area (Å²) >= 11 is 6.24. The lowest BCUT2D eigenvalue weighted by Gasteiger charge is -2.12. The molecule has 1 aliphatic heterocycles. The molecule has 0 atom stereocenters. The summed E-state index contributed by atoms with van der Waals surface area (Å²) in [6.45, 7) is 0. The first-order valence-corrected chi connectivity index (χ1v) is 8.55. The number of ether oxygens (including phenoxy) is 5. The van der Waals surface area contributed by atoms with Gasteiger partial charge in [-0.1, -0.05) is 11.6 Å². The molecule has 0 aromatic heterocycles. The molecule has 0 amide bonds. The highest BCUT2D eigenvalue weighted by Crippen LogP contribution is 2.36. The van der Waals surface area contributed by atoms with E-state index in [9.17, 15) is 4.79 Å². The van der Waals surface area contributed by atoms with E-state index in [0.29, 0.717) is 39.1 Å². The van der Waals surface area contributed by atoms with Crippen LogP contribution < -0.4 is 18.9 Å². The van der Waals surface area contributed by atoms with Crippen LogP contribution in [0.15, 0.2) is 41.0 Å². The quantitative estimate of drug-likeness (QED) is 0.540. The lowest BCUT2D eigenvalue weighted by atomic mass is 10.1. The average molecular weight is 404 g/mol. The SMILES string of the molecule is COc1ccc(C2=N/C(=C\c3cc(OC)c(OC)cc3OC)C(=O)O2)c(Cl)c1. The van der Waals surface area contributed by atoms with E-state index in [4.69, 9.17) is 35.3 Å². The predicted octanol–water partition coefficient (Wildman–Crippen LogP) is 3.72. The maximum atomic E-state index is 12.3. The number of rotatable bonds is 6. The maximum absolute atomic E-state index is 12.3. The maximum Gasteiger partial charge on any atom is 0.363 e.